The number of aromatic nitrogens is 1. The van der Waals surface area contributed by atoms with E-state index in [9.17, 15) is 28.8 Å². The summed E-state index contributed by atoms with van der Waals surface area (Å²) in [6.07, 6.45) is 9.29. The van der Waals surface area contributed by atoms with Gasteiger partial charge in [0.1, 0.15) is 16.8 Å². The number of carbonyl (C=O) groups excluding carboxylic acids is 6. The Labute approximate surface area is 384 Å². The minimum absolute atomic E-state index is 0.0400. The lowest BCUT2D eigenvalue weighted by molar-refractivity contribution is -0.137. The first-order valence-electron chi connectivity index (χ1n) is 22.9. The van der Waals surface area contributed by atoms with Crippen molar-refractivity contribution in [3.8, 4) is 16.9 Å². The van der Waals surface area contributed by atoms with Gasteiger partial charge >= 0.3 is 0 Å². The summed E-state index contributed by atoms with van der Waals surface area (Å²) >= 11 is 5.29. The highest BCUT2D eigenvalue weighted by atomic mass is 32.1. The van der Waals surface area contributed by atoms with E-state index in [1.807, 2.05) is 30.1 Å². The topological polar surface area (TPSA) is 188 Å². The first kappa shape index (κ1) is 45.4. The van der Waals surface area contributed by atoms with Crippen LogP contribution in [0.3, 0.4) is 0 Å². The van der Waals surface area contributed by atoms with Crippen LogP contribution in [0.4, 0.5) is 0 Å². The molecule has 4 aliphatic heterocycles. The zero-order chi connectivity index (χ0) is 45.6. The molecule has 0 saturated carbocycles. The second kappa shape index (κ2) is 20.4. The van der Waals surface area contributed by atoms with E-state index in [4.69, 9.17) is 22.7 Å². The van der Waals surface area contributed by atoms with Crippen LogP contribution in [0.15, 0.2) is 66.9 Å². The molecule has 0 spiro atoms. The molecule has 65 heavy (non-hydrogen) atoms. The number of nitrogens with zero attached hydrogens (tertiary/aromatic N) is 4. The molecule has 0 bridgehead atoms. The maximum atomic E-state index is 13.3. The normalized spacial score (nSPS) is 18.0. The van der Waals surface area contributed by atoms with E-state index < -0.39 is 11.9 Å². The van der Waals surface area contributed by atoms with Gasteiger partial charge in [0, 0.05) is 97.5 Å². The highest BCUT2D eigenvalue weighted by Crippen LogP contribution is 2.37. The molecule has 6 amide bonds. The molecule has 5 N–H and O–H groups in total. The van der Waals surface area contributed by atoms with Gasteiger partial charge in [-0.15, -0.1) is 0 Å². The molecule has 3 fully saturated rings. The zero-order valence-corrected chi connectivity index (χ0v) is 37.8. The van der Waals surface area contributed by atoms with Gasteiger partial charge in [0.25, 0.3) is 11.8 Å². The number of thiocarbonyl (C=S) groups is 1. The minimum atomic E-state index is -0.725. The third-order valence-corrected chi connectivity index (χ3v) is 13.5. The Balaban J connectivity index is 0.755. The van der Waals surface area contributed by atoms with Crippen molar-refractivity contribution in [1.82, 2.24) is 35.2 Å². The molecule has 4 aromatic rings. The quantitative estimate of drug-likeness (QED) is 0.0626. The number of fused-ring (bicyclic) bond motifs is 2. The average molecular weight is 903 g/mol. The lowest BCUT2D eigenvalue weighted by Crippen LogP contribution is -2.52. The van der Waals surface area contributed by atoms with Crippen molar-refractivity contribution >= 4 is 63.6 Å². The Morgan fingerprint density at radius 3 is 2.43 bits per heavy atom. The molecule has 3 aromatic carbocycles. The molecule has 0 aliphatic carbocycles. The first-order valence-corrected chi connectivity index (χ1v) is 23.3. The predicted octanol–water partition coefficient (Wildman–Crippen LogP) is 4.58. The average Bonchev–Trinajstić information content (AvgIpc) is 3.84. The number of hydrogen-bond acceptors (Lipinski definition) is 9. The number of nitrogens with one attached hydrogen (secondary N) is 3. The SMILES string of the molecule is CN1CC(C(=O)NCc2ccc3c(-c4cccc(C(N)=S)c4)cn(C4CCN(C(=O)CCCCCCCNC(=O)COc5cccc6c5CN(C5CCC(=O)NC5=O)C6=O)CC4)c3c2)C1. The lowest BCUT2D eigenvalue weighted by Gasteiger charge is -2.34. The third-order valence-electron chi connectivity index (χ3n) is 13.3. The van der Waals surface area contributed by atoms with Crippen LogP contribution in [0.1, 0.15) is 97.3 Å². The number of piperidine rings is 2. The summed E-state index contributed by atoms with van der Waals surface area (Å²) in [6.45, 7) is 3.89. The number of imide groups is 1. The van der Waals surface area contributed by atoms with Crippen molar-refractivity contribution < 1.29 is 33.5 Å². The van der Waals surface area contributed by atoms with Gasteiger partial charge in [0.2, 0.25) is 23.6 Å². The van der Waals surface area contributed by atoms with Crippen LogP contribution >= 0.6 is 12.2 Å². The number of unbranched alkanes of at least 4 members (excludes halogenated alkanes) is 4. The third kappa shape index (κ3) is 10.5. The van der Waals surface area contributed by atoms with E-state index in [1.165, 1.54) is 4.90 Å². The van der Waals surface area contributed by atoms with Gasteiger partial charge in [-0.2, -0.15) is 0 Å². The molecule has 5 heterocycles. The van der Waals surface area contributed by atoms with Crippen LogP contribution in [0.25, 0.3) is 22.0 Å². The molecular formula is C49H58N8O7S. The fourth-order valence-corrected chi connectivity index (χ4v) is 9.70. The lowest BCUT2D eigenvalue weighted by atomic mass is 10.00. The highest BCUT2D eigenvalue weighted by molar-refractivity contribution is 7.80. The summed E-state index contributed by atoms with van der Waals surface area (Å²) < 4.78 is 8.18. The molecular weight excluding hydrogens is 845 g/mol. The Kier molecular flexibility index (Phi) is 14.2. The van der Waals surface area contributed by atoms with Gasteiger partial charge in [-0.25, -0.2) is 0 Å². The fourth-order valence-electron chi connectivity index (χ4n) is 9.57. The van der Waals surface area contributed by atoms with Crippen LogP contribution < -0.4 is 26.4 Å². The molecule has 4 aliphatic rings. The van der Waals surface area contributed by atoms with E-state index in [0.29, 0.717) is 54.5 Å². The number of likely N-dealkylation sites (tertiary alicyclic amines) is 2. The van der Waals surface area contributed by atoms with Crippen molar-refractivity contribution in [3.05, 3.63) is 89.1 Å². The van der Waals surface area contributed by atoms with Crippen molar-refractivity contribution in [3.63, 3.8) is 0 Å². The zero-order valence-electron chi connectivity index (χ0n) is 36.9. The van der Waals surface area contributed by atoms with E-state index in [1.54, 1.807) is 18.2 Å². The Morgan fingerprint density at radius 1 is 0.892 bits per heavy atom. The predicted molar refractivity (Wildman–Crippen MR) is 250 cm³/mol. The molecule has 1 unspecified atom stereocenters. The number of benzene rings is 3. The summed E-state index contributed by atoms with van der Waals surface area (Å²) in [7, 11) is 2.02. The smallest absolute Gasteiger partial charge is 0.257 e. The van der Waals surface area contributed by atoms with E-state index in [0.717, 1.165) is 91.2 Å². The van der Waals surface area contributed by atoms with Crippen LogP contribution in [0, 0.1) is 5.92 Å². The first-order chi connectivity index (χ1) is 31.4. The van der Waals surface area contributed by atoms with Crippen molar-refractivity contribution in [1.29, 1.82) is 0 Å². The number of ether oxygens (including phenoxy) is 1. The van der Waals surface area contributed by atoms with Crippen LogP contribution in [0.5, 0.6) is 5.75 Å². The molecule has 1 atom stereocenters. The second-order valence-corrected chi connectivity index (χ2v) is 18.3. The molecule has 0 radical (unpaired) electrons. The van der Waals surface area contributed by atoms with Gasteiger partial charge < -0.3 is 40.4 Å². The largest absolute Gasteiger partial charge is 0.483 e. The summed E-state index contributed by atoms with van der Waals surface area (Å²) in [5.74, 6) is -0.637. The standard InChI is InChI=1S/C49H58N8O7S/c1-54-26-34(27-54)47(61)52-25-31-14-15-36-38(32-9-7-10-33(24-32)46(50)65)28-56(41(36)23-31)35-18-21-55(22-19-35)45(60)13-5-3-2-4-6-20-51-44(59)30-64-42-12-8-11-37-39(42)29-57(49(37)63)40-16-17-43(58)53-48(40)62/h7-12,14-15,23-24,28,34-35,40H,2-6,13,16-22,25-27,29-30H2,1H3,(H2,50,65)(H,51,59)(H,52,61)(H,53,58,62). The maximum Gasteiger partial charge on any atom is 0.257 e. The summed E-state index contributed by atoms with van der Waals surface area (Å²) in [4.78, 5) is 81.7. The maximum absolute atomic E-state index is 13.3. The Hall–Kier alpha value is -6.13. The van der Waals surface area contributed by atoms with E-state index in [-0.39, 0.29) is 67.5 Å². The van der Waals surface area contributed by atoms with Crippen LogP contribution in [-0.4, -0.2) is 112 Å². The summed E-state index contributed by atoms with van der Waals surface area (Å²) in [6, 6.07) is 19.0. The molecule has 3 saturated heterocycles. The fraction of sp³-hybridized carbons (Fsp3) is 0.449. The van der Waals surface area contributed by atoms with Gasteiger partial charge in [0.05, 0.1) is 12.5 Å². The monoisotopic (exact) mass is 902 g/mol. The number of hydrogen-bond donors (Lipinski definition) is 4. The van der Waals surface area contributed by atoms with Crippen LogP contribution in [-0.2, 0) is 37.1 Å². The second-order valence-electron chi connectivity index (χ2n) is 17.8. The highest BCUT2D eigenvalue weighted by Gasteiger charge is 2.40. The minimum Gasteiger partial charge on any atom is -0.483 e. The number of nitrogens with two attached hydrogens (primary N) is 1. The molecule has 15 nitrogen and oxygen atoms in total. The van der Waals surface area contributed by atoms with Crippen molar-refractivity contribution in [2.75, 3.05) is 46.4 Å². The van der Waals surface area contributed by atoms with Gasteiger partial charge in [0.15, 0.2) is 6.61 Å². The van der Waals surface area contributed by atoms with E-state index >= 15 is 0 Å². The Bertz CT molecular complexity index is 2490. The van der Waals surface area contributed by atoms with Crippen molar-refractivity contribution in [2.45, 2.75) is 89.4 Å². The van der Waals surface area contributed by atoms with Gasteiger partial charge in [-0.3, -0.25) is 34.1 Å². The molecule has 1 aromatic heterocycles. The molecule has 342 valence electrons. The number of carbonyl (C=O) groups is 6. The molecule has 8 rings (SSSR count). The van der Waals surface area contributed by atoms with E-state index in [2.05, 4.69) is 55.9 Å². The Morgan fingerprint density at radius 2 is 1.66 bits per heavy atom. The molecule has 16 heteroatoms. The summed E-state index contributed by atoms with van der Waals surface area (Å²) in [5, 5.41) is 9.46. The van der Waals surface area contributed by atoms with Crippen LogP contribution in [0.2, 0.25) is 0 Å². The number of rotatable bonds is 18. The van der Waals surface area contributed by atoms with Gasteiger partial charge in [-0.05, 0) is 74.5 Å². The van der Waals surface area contributed by atoms with Gasteiger partial charge in [-0.1, -0.05) is 67.9 Å². The number of amides is 6. The van der Waals surface area contributed by atoms with Crippen molar-refractivity contribution in [2.24, 2.45) is 11.7 Å². The summed E-state index contributed by atoms with van der Waals surface area (Å²) in [5.41, 5.74) is 12.1.